The average Bonchev–Trinajstić information content (AvgIpc) is 3.11. The van der Waals surface area contributed by atoms with Crippen LogP contribution in [-0.4, -0.2) is 11.6 Å². The maximum absolute atomic E-state index is 12.9. The van der Waals surface area contributed by atoms with Crippen molar-refractivity contribution in [2.45, 2.75) is 38.5 Å². The zero-order valence-electron chi connectivity index (χ0n) is 15.0. The minimum atomic E-state index is -0.636. The molecule has 2 aliphatic carbocycles. The van der Waals surface area contributed by atoms with Gasteiger partial charge in [0.05, 0.1) is 5.02 Å². The second-order valence-corrected chi connectivity index (χ2v) is 8.60. The molecule has 0 spiro atoms. The lowest BCUT2D eigenvalue weighted by Gasteiger charge is -2.27. The van der Waals surface area contributed by atoms with Gasteiger partial charge in [0.25, 0.3) is 0 Å². The third-order valence-corrected chi connectivity index (χ3v) is 6.97. The highest BCUT2D eigenvalue weighted by atomic mass is 79.9. The Bertz CT molecular complexity index is 902. The normalized spacial score (nSPS) is 24.3. The highest BCUT2D eigenvalue weighted by Gasteiger charge is 2.47. The van der Waals surface area contributed by atoms with Gasteiger partial charge in [0, 0.05) is 22.4 Å². The first-order chi connectivity index (χ1) is 13.0. The Kier molecular flexibility index (Phi) is 5.13. The fraction of sp³-hybridized carbons (Fsp3) is 0.364. The van der Waals surface area contributed by atoms with E-state index in [2.05, 4.69) is 15.9 Å². The van der Waals surface area contributed by atoms with Crippen LogP contribution in [0.3, 0.4) is 0 Å². The van der Waals surface area contributed by atoms with Crippen molar-refractivity contribution < 1.29 is 14.3 Å². The second kappa shape index (κ2) is 7.40. The molecular formula is C22H20BrClO3. The molecule has 0 aliphatic heterocycles. The minimum Gasteiger partial charge on any atom is -0.457 e. The van der Waals surface area contributed by atoms with Crippen LogP contribution in [0.1, 0.15) is 43.2 Å². The van der Waals surface area contributed by atoms with E-state index in [0.29, 0.717) is 16.5 Å². The van der Waals surface area contributed by atoms with E-state index in [9.17, 15) is 9.59 Å². The lowest BCUT2D eigenvalue weighted by atomic mass is 9.74. The van der Waals surface area contributed by atoms with E-state index in [1.165, 1.54) is 0 Å². The Morgan fingerprint density at radius 3 is 2.30 bits per heavy atom. The highest BCUT2D eigenvalue weighted by molar-refractivity contribution is 9.10. The van der Waals surface area contributed by atoms with Gasteiger partial charge < -0.3 is 4.74 Å². The summed E-state index contributed by atoms with van der Waals surface area (Å²) in [4.78, 5) is 25.9. The summed E-state index contributed by atoms with van der Waals surface area (Å²) < 4.78 is 6.76. The van der Waals surface area contributed by atoms with Crippen LogP contribution >= 0.6 is 27.5 Å². The van der Waals surface area contributed by atoms with Gasteiger partial charge in [-0.3, -0.25) is 9.59 Å². The Morgan fingerprint density at radius 2 is 1.67 bits per heavy atom. The van der Waals surface area contributed by atoms with Gasteiger partial charge in [-0.25, -0.2) is 0 Å². The van der Waals surface area contributed by atoms with Crippen LogP contribution in [-0.2, 0) is 16.0 Å². The molecule has 5 heteroatoms. The molecule has 2 aromatic rings. The van der Waals surface area contributed by atoms with Gasteiger partial charge in [-0.15, -0.1) is 0 Å². The molecule has 2 saturated carbocycles. The Morgan fingerprint density at radius 1 is 1.04 bits per heavy atom. The molecule has 2 aliphatic rings. The summed E-state index contributed by atoms with van der Waals surface area (Å²) in [6, 6.07) is 11.1. The van der Waals surface area contributed by atoms with Gasteiger partial charge in [0.15, 0.2) is 11.6 Å². The van der Waals surface area contributed by atoms with E-state index in [4.69, 9.17) is 16.3 Å². The van der Waals surface area contributed by atoms with Crippen molar-refractivity contribution >= 4 is 39.1 Å². The molecular weight excluding hydrogens is 428 g/mol. The quantitative estimate of drug-likeness (QED) is 0.531. The van der Waals surface area contributed by atoms with Crippen LogP contribution < -0.4 is 4.74 Å². The molecule has 2 bridgehead atoms. The molecule has 0 radical (unpaired) electrons. The predicted molar refractivity (Wildman–Crippen MR) is 109 cm³/mol. The first-order valence-electron chi connectivity index (χ1n) is 9.31. The van der Waals surface area contributed by atoms with Crippen LogP contribution in [0.25, 0.3) is 0 Å². The van der Waals surface area contributed by atoms with Crippen molar-refractivity contribution in [2.24, 2.45) is 11.8 Å². The largest absolute Gasteiger partial charge is 0.457 e. The molecule has 27 heavy (non-hydrogen) atoms. The van der Waals surface area contributed by atoms with Gasteiger partial charge in [-0.1, -0.05) is 24.6 Å². The van der Waals surface area contributed by atoms with Crippen molar-refractivity contribution in [3.05, 3.63) is 57.0 Å². The number of fused-ring (bicyclic) bond motifs is 2. The maximum Gasteiger partial charge on any atom is 0.150 e. The molecule has 0 N–H and O–H groups in total. The van der Waals surface area contributed by atoms with Crippen LogP contribution in [0.15, 0.2) is 40.9 Å². The number of benzene rings is 2. The molecule has 2 fully saturated rings. The highest BCUT2D eigenvalue weighted by Crippen LogP contribution is 2.45. The van der Waals surface area contributed by atoms with Crippen LogP contribution in [0.2, 0.25) is 5.02 Å². The van der Waals surface area contributed by atoms with E-state index in [1.807, 2.05) is 37.3 Å². The minimum absolute atomic E-state index is 0.0391. The van der Waals surface area contributed by atoms with Gasteiger partial charge in [-0.2, -0.15) is 0 Å². The number of aryl methyl sites for hydroxylation is 1. The van der Waals surface area contributed by atoms with E-state index in [0.717, 1.165) is 41.3 Å². The van der Waals surface area contributed by atoms with E-state index >= 15 is 0 Å². The number of ether oxygens (including phenoxy) is 1. The van der Waals surface area contributed by atoms with Gasteiger partial charge in [0.1, 0.15) is 17.4 Å². The van der Waals surface area contributed by atoms with E-state index in [1.54, 1.807) is 6.07 Å². The van der Waals surface area contributed by atoms with Crippen LogP contribution in [0.5, 0.6) is 11.5 Å². The molecule has 0 aromatic heterocycles. The molecule has 0 saturated heterocycles. The summed E-state index contributed by atoms with van der Waals surface area (Å²) in [6.45, 7) is 2.04. The zero-order chi connectivity index (χ0) is 19.1. The molecule has 0 heterocycles. The van der Waals surface area contributed by atoms with Crippen molar-refractivity contribution in [2.75, 3.05) is 0 Å². The first-order valence-corrected chi connectivity index (χ1v) is 10.5. The molecule has 3 nitrogen and oxygen atoms in total. The lowest BCUT2D eigenvalue weighted by molar-refractivity contribution is -0.135. The van der Waals surface area contributed by atoms with E-state index in [-0.39, 0.29) is 23.4 Å². The number of rotatable bonds is 4. The summed E-state index contributed by atoms with van der Waals surface area (Å²) in [5.41, 5.74) is 1.84. The third kappa shape index (κ3) is 3.45. The third-order valence-electron chi connectivity index (χ3n) is 5.74. The number of carbonyl (C=O) groups excluding carboxylic acids is 2. The number of hydrogen-bond acceptors (Lipinski definition) is 3. The van der Waals surface area contributed by atoms with Crippen LogP contribution in [0, 0.1) is 11.8 Å². The lowest BCUT2D eigenvalue weighted by Crippen LogP contribution is -2.35. The van der Waals surface area contributed by atoms with Crippen molar-refractivity contribution in [1.29, 1.82) is 0 Å². The summed E-state index contributed by atoms with van der Waals surface area (Å²) in [5, 5.41) is 0.562. The summed E-state index contributed by atoms with van der Waals surface area (Å²) in [6.07, 6.45) is 3.21. The second-order valence-electron chi connectivity index (χ2n) is 7.34. The summed E-state index contributed by atoms with van der Waals surface area (Å²) >= 11 is 9.51. The van der Waals surface area contributed by atoms with Crippen molar-refractivity contribution in [3.63, 3.8) is 0 Å². The smallest absolute Gasteiger partial charge is 0.150 e. The Hall–Kier alpha value is -1.65. The number of hydrogen-bond donors (Lipinski definition) is 0. The SMILES string of the molecule is CCc1ccc(Oc2ccc(Br)c(Cl)c2)cc1C1C(=O)[C@@H]2CC[C@@H](C2)C1=O. The fourth-order valence-corrected chi connectivity index (χ4v) is 4.74. The fourth-order valence-electron chi connectivity index (χ4n) is 4.32. The number of halogens is 2. The molecule has 1 unspecified atom stereocenters. The number of carbonyl (C=O) groups is 2. The summed E-state index contributed by atoms with van der Waals surface area (Å²) in [5.74, 6) is 0.844. The van der Waals surface area contributed by atoms with Crippen molar-refractivity contribution in [3.8, 4) is 11.5 Å². The van der Waals surface area contributed by atoms with Gasteiger partial charge in [0.2, 0.25) is 0 Å². The van der Waals surface area contributed by atoms with Crippen LogP contribution in [0.4, 0.5) is 0 Å². The summed E-state index contributed by atoms with van der Waals surface area (Å²) in [7, 11) is 0. The molecule has 4 rings (SSSR count). The topological polar surface area (TPSA) is 43.4 Å². The monoisotopic (exact) mass is 446 g/mol. The van der Waals surface area contributed by atoms with Crippen molar-refractivity contribution in [1.82, 2.24) is 0 Å². The van der Waals surface area contributed by atoms with Gasteiger partial charge >= 0.3 is 0 Å². The first kappa shape index (κ1) is 18.7. The van der Waals surface area contributed by atoms with E-state index < -0.39 is 5.92 Å². The van der Waals surface area contributed by atoms with Gasteiger partial charge in [-0.05, 0) is 77.0 Å². The predicted octanol–water partition coefficient (Wildman–Crippen LogP) is 6.11. The average molecular weight is 448 g/mol. The number of ketones is 2. The standard InChI is InChI=1S/C22H20BrClO3/c1-2-12-5-6-15(27-16-7-8-18(23)19(24)11-16)10-17(12)20-21(25)13-3-4-14(9-13)22(20)26/h5-8,10-11,13-14,20H,2-4,9H2,1H3/t13-,14+,20?. The molecule has 3 atom stereocenters. The molecule has 0 amide bonds. The zero-order valence-corrected chi connectivity index (χ0v) is 17.3. The molecule has 2 aromatic carbocycles. The Balaban J connectivity index is 1.70. The Labute approximate surface area is 172 Å². The number of Topliss-reactive ketones (excluding diaryl/α,β-unsaturated/α-hetero) is 2. The molecule has 140 valence electrons. The maximum atomic E-state index is 12.9.